The molecule has 0 saturated carbocycles. The number of benzene rings is 2. The summed E-state index contributed by atoms with van der Waals surface area (Å²) < 4.78 is 27.3. The van der Waals surface area contributed by atoms with Crippen LogP contribution in [0.3, 0.4) is 0 Å². The zero-order valence-corrected chi connectivity index (χ0v) is 11.6. The average molecular weight is 294 g/mol. The summed E-state index contributed by atoms with van der Waals surface area (Å²) in [4.78, 5) is 0. The lowest BCUT2D eigenvalue weighted by molar-refractivity contribution is 0.597. The lowest BCUT2D eigenvalue weighted by Crippen LogP contribution is -2.01. The zero-order chi connectivity index (χ0) is 13.7. The van der Waals surface area contributed by atoms with Gasteiger partial charge < -0.3 is 0 Å². The molecule has 0 saturated heterocycles. The lowest BCUT2D eigenvalue weighted by atomic mass is 10.2. The van der Waals surface area contributed by atoms with Gasteiger partial charge in [0.15, 0.2) is 0 Å². The first-order valence-electron chi connectivity index (χ1n) is 5.63. The molecule has 0 bridgehead atoms. The molecule has 0 aromatic heterocycles. The van der Waals surface area contributed by atoms with Crippen molar-refractivity contribution in [3.63, 3.8) is 0 Å². The van der Waals surface area contributed by atoms with Crippen molar-refractivity contribution in [3.8, 4) is 0 Å². The van der Waals surface area contributed by atoms with Gasteiger partial charge in [0.05, 0.1) is 5.75 Å². The van der Waals surface area contributed by atoms with Crippen molar-refractivity contribution >= 4 is 27.8 Å². The molecule has 5 heteroatoms. The van der Waals surface area contributed by atoms with Crippen LogP contribution in [0.15, 0.2) is 59.0 Å². The molecule has 0 N–H and O–H groups in total. The highest BCUT2D eigenvalue weighted by atomic mass is 35.5. The number of hydrogen-bond acceptors (Lipinski definition) is 2. The van der Waals surface area contributed by atoms with Crippen LogP contribution >= 0.6 is 11.6 Å². The van der Waals surface area contributed by atoms with Gasteiger partial charge in [-0.1, -0.05) is 54.1 Å². The van der Waals surface area contributed by atoms with Crippen LogP contribution in [0.1, 0.15) is 11.1 Å². The van der Waals surface area contributed by atoms with Gasteiger partial charge in [0, 0.05) is 11.2 Å². The molecule has 2 aromatic carbocycles. The molecule has 0 unspecified atom stereocenters. The summed E-state index contributed by atoms with van der Waals surface area (Å²) in [6, 6.07) is 15.8. The number of sulfonamides is 1. The van der Waals surface area contributed by atoms with Crippen molar-refractivity contribution in [1.82, 2.24) is 0 Å². The summed E-state index contributed by atoms with van der Waals surface area (Å²) in [5, 5.41) is 0.601. The molecule has 0 heterocycles. The molecular formula is C14H12ClNO2S. The van der Waals surface area contributed by atoms with Crippen LogP contribution in [0.4, 0.5) is 0 Å². The molecule has 0 fully saturated rings. The first-order chi connectivity index (χ1) is 9.05. The highest BCUT2D eigenvalue weighted by Crippen LogP contribution is 2.10. The Morgan fingerprint density at radius 2 is 1.63 bits per heavy atom. The Bertz CT molecular complexity index is 664. The maximum Gasteiger partial charge on any atom is 0.257 e. The highest BCUT2D eigenvalue weighted by Gasteiger charge is 2.08. The van der Waals surface area contributed by atoms with Gasteiger partial charge in [0.2, 0.25) is 0 Å². The van der Waals surface area contributed by atoms with Crippen LogP contribution < -0.4 is 0 Å². The fourth-order valence-electron chi connectivity index (χ4n) is 1.51. The number of nitrogens with zero attached hydrogens (tertiary/aromatic N) is 1. The minimum atomic E-state index is -3.51. The lowest BCUT2D eigenvalue weighted by Gasteiger charge is -1.99. The van der Waals surface area contributed by atoms with E-state index in [1.54, 1.807) is 48.5 Å². The van der Waals surface area contributed by atoms with Gasteiger partial charge in [0.1, 0.15) is 0 Å². The predicted molar refractivity (Wildman–Crippen MR) is 78.1 cm³/mol. The van der Waals surface area contributed by atoms with E-state index in [0.717, 1.165) is 5.56 Å². The standard InChI is InChI=1S/C14H12ClNO2S/c15-14-8-6-12(7-9-14)10-16-19(17,18)11-13-4-2-1-3-5-13/h1-10H,11H2. The topological polar surface area (TPSA) is 46.5 Å². The molecule has 98 valence electrons. The van der Waals surface area contributed by atoms with Gasteiger partial charge in [-0.2, -0.15) is 4.40 Å². The molecule has 0 aliphatic heterocycles. The summed E-state index contributed by atoms with van der Waals surface area (Å²) in [6.45, 7) is 0. The fraction of sp³-hybridized carbons (Fsp3) is 0.0714. The number of hydrogen-bond donors (Lipinski definition) is 0. The van der Waals surface area contributed by atoms with E-state index in [9.17, 15) is 8.42 Å². The smallest absolute Gasteiger partial charge is 0.204 e. The molecule has 0 aliphatic rings. The van der Waals surface area contributed by atoms with Gasteiger partial charge in [-0.15, -0.1) is 0 Å². The minimum Gasteiger partial charge on any atom is -0.204 e. The largest absolute Gasteiger partial charge is 0.257 e. The third kappa shape index (κ3) is 4.50. The summed E-state index contributed by atoms with van der Waals surface area (Å²) >= 11 is 5.75. The Hall–Kier alpha value is -1.65. The quantitative estimate of drug-likeness (QED) is 0.812. The second-order valence-electron chi connectivity index (χ2n) is 4.00. The van der Waals surface area contributed by atoms with Crippen molar-refractivity contribution in [3.05, 3.63) is 70.7 Å². The summed E-state index contributed by atoms with van der Waals surface area (Å²) in [6.07, 6.45) is 1.33. The van der Waals surface area contributed by atoms with Crippen LogP contribution in [-0.2, 0) is 15.8 Å². The van der Waals surface area contributed by atoms with E-state index in [4.69, 9.17) is 11.6 Å². The highest BCUT2D eigenvalue weighted by molar-refractivity contribution is 7.89. The number of halogens is 1. The molecule has 0 radical (unpaired) electrons. The summed E-state index contributed by atoms with van der Waals surface area (Å²) in [7, 11) is -3.51. The van der Waals surface area contributed by atoms with E-state index >= 15 is 0 Å². The van der Waals surface area contributed by atoms with Crippen LogP contribution in [0.2, 0.25) is 5.02 Å². The van der Waals surface area contributed by atoms with Crippen molar-refractivity contribution in [2.24, 2.45) is 4.40 Å². The van der Waals surface area contributed by atoms with E-state index < -0.39 is 10.0 Å². The molecule has 0 atom stereocenters. The van der Waals surface area contributed by atoms with E-state index in [-0.39, 0.29) is 5.75 Å². The van der Waals surface area contributed by atoms with E-state index in [2.05, 4.69) is 4.40 Å². The van der Waals surface area contributed by atoms with Gasteiger partial charge in [-0.05, 0) is 23.3 Å². The SMILES string of the molecule is O=S(=O)(Cc1ccccc1)N=Cc1ccc(Cl)cc1. The molecule has 19 heavy (non-hydrogen) atoms. The molecule has 0 spiro atoms. The molecule has 0 amide bonds. The monoisotopic (exact) mass is 293 g/mol. The fourth-order valence-corrected chi connectivity index (χ4v) is 2.61. The van der Waals surface area contributed by atoms with Crippen LogP contribution in [0.5, 0.6) is 0 Å². The van der Waals surface area contributed by atoms with Crippen LogP contribution in [-0.4, -0.2) is 14.6 Å². The Morgan fingerprint density at radius 1 is 1.00 bits per heavy atom. The second kappa shape index (κ2) is 5.99. The summed E-state index contributed by atoms with van der Waals surface area (Å²) in [5.41, 5.74) is 1.41. The third-order valence-corrected chi connectivity index (χ3v) is 3.80. The third-order valence-electron chi connectivity index (χ3n) is 2.42. The van der Waals surface area contributed by atoms with E-state index in [0.29, 0.717) is 10.6 Å². The Balaban J connectivity index is 2.11. The van der Waals surface area contributed by atoms with Crippen molar-refractivity contribution < 1.29 is 8.42 Å². The van der Waals surface area contributed by atoms with Crippen molar-refractivity contribution in [2.45, 2.75) is 5.75 Å². The van der Waals surface area contributed by atoms with Gasteiger partial charge >= 0.3 is 0 Å². The average Bonchev–Trinajstić information content (AvgIpc) is 2.39. The Labute approximate surface area is 117 Å². The second-order valence-corrected chi connectivity index (χ2v) is 6.10. The number of rotatable bonds is 4. The molecule has 2 rings (SSSR count). The van der Waals surface area contributed by atoms with Gasteiger partial charge in [-0.25, -0.2) is 8.42 Å². The molecule has 2 aromatic rings. The first kappa shape index (κ1) is 13.8. The van der Waals surface area contributed by atoms with Crippen molar-refractivity contribution in [2.75, 3.05) is 0 Å². The first-order valence-corrected chi connectivity index (χ1v) is 7.61. The molecule has 3 nitrogen and oxygen atoms in total. The molecule has 0 aliphatic carbocycles. The maximum absolute atomic E-state index is 11.8. The molecular weight excluding hydrogens is 282 g/mol. The van der Waals surface area contributed by atoms with Gasteiger partial charge in [-0.3, -0.25) is 0 Å². The Kier molecular flexibility index (Phi) is 4.35. The Morgan fingerprint density at radius 3 is 2.26 bits per heavy atom. The van der Waals surface area contributed by atoms with Gasteiger partial charge in [0.25, 0.3) is 10.0 Å². The van der Waals surface area contributed by atoms with Crippen LogP contribution in [0.25, 0.3) is 0 Å². The van der Waals surface area contributed by atoms with Crippen molar-refractivity contribution in [1.29, 1.82) is 0 Å². The predicted octanol–water partition coefficient (Wildman–Crippen LogP) is 3.29. The van der Waals surface area contributed by atoms with E-state index in [1.807, 2.05) is 6.07 Å². The zero-order valence-electron chi connectivity index (χ0n) is 10.0. The van der Waals surface area contributed by atoms with E-state index in [1.165, 1.54) is 6.21 Å². The maximum atomic E-state index is 11.8. The normalized spacial score (nSPS) is 11.8. The summed E-state index contributed by atoms with van der Waals surface area (Å²) in [5.74, 6) is -0.0993. The minimum absolute atomic E-state index is 0.0993. The van der Waals surface area contributed by atoms with Crippen LogP contribution in [0, 0.1) is 0 Å².